The van der Waals surface area contributed by atoms with Gasteiger partial charge in [-0.25, -0.2) is 4.79 Å². The van der Waals surface area contributed by atoms with E-state index >= 15 is 0 Å². The second-order valence-corrected chi connectivity index (χ2v) is 4.48. The standard InChI is InChI=1S/C11H13N3O6/c12-2-1-11(5-3-13-10(19)14-9(5)18)8(17)7(16)6(4-15)20-11/h3,6-8,15-17H,1,4H2,(H2,13,14,18,19)/t6-,7-,8-,11+/m1/s1. The van der Waals surface area contributed by atoms with Gasteiger partial charge in [-0.15, -0.1) is 0 Å². The van der Waals surface area contributed by atoms with Crippen LogP contribution < -0.4 is 11.2 Å². The van der Waals surface area contributed by atoms with E-state index in [0.717, 1.165) is 6.20 Å². The van der Waals surface area contributed by atoms with Crippen LogP contribution in [-0.2, 0) is 10.3 Å². The Balaban J connectivity index is 2.59. The van der Waals surface area contributed by atoms with Gasteiger partial charge < -0.3 is 25.0 Å². The summed E-state index contributed by atoms with van der Waals surface area (Å²) in [5.41, 5.74) is -3.59. The van der Waals surface area contributed by atoms with Gasteiger partial charge in [-0.3, -0.25) is 9.78 Å². The number of H-pyrrole nitrogens is 2. The fourth-order valence-electron chi connectivity index (χ4n) is 2.34. The first kappa shape index (κ1) is 14.4. The van der Waals surface area contributed by atoms with Crippen LogP contribution in [0.1, 0.15) is 12.0 Å². The first-order chi connectivity index (χ1) is 9.46. The largest absolute Gasteiger partial charge is 0.394 e. The number of nitriles is 1. The monoisotopic (exact) mass is 283 g/mol. The quantitative estimate of drug-likeness (QED) is 0.403. The van der Waals surface area contributed by atoms with Gasteiger partial charge in [-0.2, -0.15) is 5.26 Å². The van der Waals surface area contributed by atoms with Crippen LogP contribution in [0.2, 0.25) is 0 Å². The van der Waals surface area contributed by atoms with Gasteiger partial charge in [-0.05, 0) is 0 Å². The fourth-order valence-corrected chi connectivity index (χ4v) is 2.34. The number of hydrogen-bond donors (Lipinski definition) is 5. The van der Waals surface area contributed by atoms with Crippen molar-refractivity contribution >= 4 is 0 Å². The van der Waals surface area contributed by atoms with E-state index in [1.165, 1.54) is 0 Å². The summed E-state index contributed by atoms with van der Waals surface area (Å²) in [6.45, 7) is -0.591. The summed E-state index contributed by atoms with van der Waals surface area (Å²) in [7, 11) is 0. The molecule has 5 N–H and O–H groups in total. The molecule has 1 aromatic heterocycles. The van der Waals surface area contributed by atoms with Crippen LogP contribution in [0.15, 0.2) is 15.8 Å². The molecule has 0 bridgehead atoms. The van der Waals surface area contributed by atoms with Crippen molar-refractivity contribution in [1.29, 1.82) is 5.26 Å². The molecule has 9 heteroatoms. The maximum Gasteiger partial charge on any atom is 0.325 e. The van der Waals surface area contributed by atoms with Crippen LogP contribution in [0.3, 0.4) is 0 Å². The molecule has 0 radical (unpaired) electrons. The molecule has 4 atom stereocenters. The number of hydrogen-bond acceptors (Lipinski definition) is 7. The summed E-state index contributed by atoms with van der Waals surface area (Å²) in [6.07, 6.45) is -3.60. The van der Waals surface area contributed by atoms with Gasteiger partial charge in [-0.1, -0.05) is 0 Å². The molecule has 0 amide bonds. The summed E-state index contributed by atoms with van der Waals surface area (Å²) in [5, 5.41) is 37.9. The van der Waals surface area contributed by atoms with Crippen molar-refractivity contribution in [2.75, 3.05) is 6.61 Å². The third-order valence-electron chi connectivity index (χ3n) is 3.34. The van der Waals surface area contributed by atoms with Gasteiger partial charge >= 0.3 is 5.69 Å². The highest BCUT2D eigenvalue weighted by Crippen LogP contribution is 2.40. The van der Waals surface area contributed by atoms with Gasteiger partial charge in [0.1, 0.15) is 23.9 Å². The van der Waals surface area contributed by atoms with Gasteiger partial charge in [0.15, 0.2) is 0 Å². The molecule has 0 aromatic carbocycles. The molecule has 1 aromatic rings. The third kappa shape index (κ3) is 2.04. The number of aromatic amines is 2. The Hall–Kier alpha value is -1.99. The SMILES string of the molecule is N#CC[C@@]1(c2c[nH]c(=O)[nH]c2=O)O[C@H](CO)[C@@H](O)[C@H]1O. The Morgan fingerprint density at radius 2 is 2.15 bits per heavy atom. The van der Waals surface area contributed by atoms with Crippen molar-refractivity contribution in [1.82, 2.24) is 9.97 Å². The molecule has 1 aliphatic rings. The molecule has 2 heterocycles. The maximum absolute atomic E-state index is 11.8. The van der Waals surface area contributed by atoms with Crippen molar-refractivity contribution in [3.63, 3.8) is 0 Å². The molecule has 0 spiro atoms. The molecule has 20 heavy (non-hydrogen) atoms. The van der Waals surface area contributed by atoms with Crippen LogP contribution in [0.5, 0.6) is 0 Å². The van der Waals surface area contributed by atoms with Gasteiger partial charge in [0.2, 0.25) is 0 Å². The molecule has 0 unspecified atom stereocenters. The number of rotatable bonds is 3. The molecule has 0 saturated carbocycles. The summed E-state index contributed by atoms with van der Waals surface area (Å²) in [4.78, 5) is 27.0. The second kappa shape index (κ2) is 5.18. The number of nitrogens with one attached hydrogen (secondary N) is 2. The van der Waals surface area contributed by atoms with E-state index in [9.17, 15) is 19.8 Å². The predicted octanol–water partition coefficient (Wildman–Crippen LogP) is -2.71. The topological polar surface area (TPSA) is 159 Å². The van der Waals surface area contributed by atoms with Gasteiger partial charge in [0, 0.05) is 6.20 Å². The normalized spacial score (nSPS) is 33.0. The van der Waals surface area contributed by atoms with Crippen molar-refractivity contribution in [2.24, 2.45) is 0 Å². The van der Waals surface area contributed by atoms with Gasteiger partial charge in [0.05, 0.1) is 24.7 Å². The lowest BCUT2D eigenvalue weighted by atomic mass is 9.86. The Kier molecular flexibility index (Phi) is 3.74. The van der Waals surface area contributed by atoms with Crippen molar-refractivity contribution in [3.05, 3.63) is 32.6 Å². The highest BCUT2D eigenvalue weighted by Gasteiger charge is 2.56. The van der Waals surface area contributed by atoms with Crippen LogP contribution in [-0.4, -0.2) is 50.2 Å². The van der Waals surface area contributed by atoms with Crippen LogP contribution in [0, 0.1) is 11.3 Å². The Morgan fingerprint density at radius 3 is 2.65 bits per heavy atom. The van der Waals surface area contributed by atoms with E-state index in [1.54, 1.807) is 6.07 Å². The van der Waals surface area contributed by atoms with Gasteiger partial charge in [0.25, 0.3) is 5.56 Å². The Bertz CT molecular complexity index is 647. The predicted molar refractivity (Wildman–Crippen MR) is 63.6 cm³/mol. The molecule has 2 rings (SSSR count). The highest BCUT2D eigenvalue weighted by molar-refractivity contribution is 5.23. The fraction of sp³-hybridized carbons (Fsp3) is 0.545. The molecule has 108 valence electrons. The molecule has 0 aliphatic carbocycles. The number of aliphatic hydroxyl groups excluding tert-OH is 3. The number of aliphatic hydroxyl groups is 3. The molecule has 1 saturated heterocycles. The lowest BCUT2D eigenvalue weighted by Gasteiger charge is -2.28. The molecule has 1 aliphatic heterocycles. The average molecular weight is 283 g/mol. The zero-order valence-electron chi connectivity index (χ0n) is 10.2. The first-order valence-corrected chi connectivity index (χ1v) is 5.80. The number of nitrogens with zero attached hydrogens (tertiary/aromatic N) is 1. The zero-order valence-corrected chi connectivity index (χ0v) is 10.2. The maximum atomic E-state index is 11.8. The van der Waals surface area contributed by atoms with E-state index < -0.39 is 48.2 Å². The average Bonchev–Trinajstić information content (AvgIpc) is 2.65. The van der Waals surface area contributed by atoms with E-state index in [-0.39, 0.29) is 5.56 Å². The van der Waals surface area contributed by atoms with Crippen molar-refractivity contribution in [2.45, 2.75) is 30.3 Å². The molecular formula is C11H13N3O6. The summed E-state index contributed by atoms with van der Waals surface area (Å²) >= 11 is 0. The van der Waals surface area contributed by atoms with E-state index in [4.69, 9.17) is 15.1 Å². The Morgan fingerprint density at radius 1 is 1.45 bits per heavy atom. The molecular weight excluding hydrogens is 270 g/mol. The van der Waals surface area contributed by atoms with Crippen LogP contribution >= 0.6 is 0 Å². The highest BCUT2D eigenvalue weighted by atomic mass is 16.6. The smallest absolute Gasteiger partial charge is 0.325 e. The number of ether oxygens (including phenoxy) is 1. The summed E-state index contributed by atoms with van der Waals surface area (Å²) in [6, 6.07) is 1.76. The number of aromatic nitrogens is 2. The van der Waals surface area contributed by atoms with Crippen molar-refractivity contribution in [3.8, 4) is 6.07 Å². The van der Waals surface area contributed by atoms with E-state index in [1.807, 2.05) is 4.98 Å². The minimum absolute atomic E-state index is 0.193. The minimum atomic E-state index is -1.81. The molecule has 1 fully saturated rings. The Labute approximate surface area is 112 Å². The summed E-state index contributed by atoms with van der Waals surface area (Å²) < 4.78 is 5.36. The van der Waals surface area contributed by atoms with Crippen LogP contribution in [0.25, 0.3) is 0 Å². The van der Waals surface area contributed by atoms with Crippen molar-refractivity contribution < 1.29 is 20.1 Å². The lowest BCUT2D eigenvalue weighted by molar-refractivity contribution is -0.0961. The van der Waals surface area contributed by atoms with E-state index in [0.29, 0.717) is 0 Å². The first-order valence-electron chi connectivity index (χ1n) is 5.80. The lowest BCUT2D eigenvalue weighted by Crippen LogP contribution is -2.45. The summed E-state index contributed by atoms with van der Waals surface area (Å²) in [5.74, 6) is 0. The zero-order chi connectivity index (χ0) is 14.9. The minimum Gasteiger partial charge on any atom is -0.394 e. The molecule has 9 nitrogen and oxygen atoms in total. The second-order valence-electron chi connectivity index (χ2n) is 4.48. The van der Waals surface area contributed by atoms with Crippen LogP contribution in [0.4, 0.5) is 0 Å². The van der Waals surface area contributed by atoms with E-state index in [2.05, 4.69) is 4.98 Å². The third-order valence-corrected chi connectivity index (χ3v) is 3.34.